The number of rotatable bonds is 5. The molecule has 1 saturated heterocycles. The molecule has 32 heavy (non-hydrogen) atoms. The number of nitrogens with zero attached hydrogens (tertiary/aromatic N) is 5. The Morgan fingerprint density at radius 2 is 2.09 bits per heavy atom. The fourth-order valence-corrected chi connectivity index (χ4v) is 3.83. The number of aromatic nitrogens is 4. The standard InChI is InChI=1S/C20H17N7O5/c1-26(13-7-16(29)27(20(13)31)12-5-6-14(28)23-19(12)30)8-15-24-18(25-32-15)10-3-2-4-11-17(10)22-9-21-11/h2-4,7,9,12H,5-6,8H2,1H3,(H,21,22)(H,23,28,30). The minimum Gasteiger partial charge on any atom is -0.361 e. The van der Waals surface area contributed by atoms with Gasteiger partial charge >= 0.3 is 0 Å². The summed E-state index contributed by atoms with van der Waals surface area (Å²) in [6.07, 6.45) is 2.89. The Morgan fingerprint density at radius 3 is 2.91 bits per heavy atom. The maximum atomic E-state index is 12.9. The molecule has 12 heteroatoms. The van der Waals surface area contributed by atoms with Gasteiger partial charge in [-0.3, -0.25) is 29.4 Å². The van der Waals surface area contributed by atoms with Crippen LogP contribution in [0.25, 0.3) is 22.4 Å². The van der Waals surface area contributed by atoms with E-state index >= 15 is 0 Å². The highest BCUT2D eigenvalue weighted by molar-refractivity contribution is 6.18. The summed E-state index contributed by atoms with van der Waals surface area (Å²) < 4.78 is 5.33. The van der Waals surface area contributed by atoms with Gasteiger partial charge in [0.2, 0.25) is 23.5 Å². The highest BCUT2D eigenvalue weighted by atomic mass is 16.5. The largest absolute Gasteiger partial charge is 0.361 e. The van der Waals surface area contributed by atoms with Gasteiger partial charge in [0.25, 0.3) is 11.8 Å². The summed E-state index contributed by atoms with van der Waals surface area (Å²) in [4.78, 5) is 62.8. The topological polar surface area (TPSA) is 154 Å². The Bertz CT molecular complexity index is 1310. The SMILES string of the molecule is CN(Cc1nc(-c2cccc3[nH]cnc23)no1)C1=CC(=O)N(C2CCC(=O)NC2=O)C1=O. The zero-order chi connectivity index (χ0) is 22.4. The Hall–Kier alpha value is -4.35. The van der Waals surface area contributed by atoms with Gasteiger partial charge in [-0.25, -0.2) is 4.98 Å². The van der Waals surface area contributed by atoms with Gasteiger partial charge in [-0.2, -0.15) is 4.98 Å². The number of carbonyl (C=O) groups excluding carboxylic acids is 4. The molecule has 1 unspecified atom stereocenters. The number of imidazole rings is 1. The van der Waals surface area contributed by atoms with E-state index < -0.39 is 29.7 Å². The molecule has 3 aromatic rings. The van der Waals surface area contributed by atoms with E-state index in [4.69, 9.17) is 4.52 Å². The zero-order valence-corrected chi connectivity index (χ0v) is 16.9. The number of carbonyl (C=O) groups is 4. The molecule has 4 amide bonds. The van der Waals surface area contributed by atoms with Crippen molar-refractivity contribution in [3.05, 3.63) is 42.2 Å². The number of hydrogen-bond acceptors (Lipinski definition) is 9. The zero-order valence-electron chi connectivity index (χ0n) is 16.9. The van der Waals surface area contributed by atoms with Crippen molar-refractivity contribution in [3.8, 4) is 11.4 Å². The number of fused-ring (bicyclic) bond motifs is 1. The van der Waals surface area contributed by atoms with Crippen molar-refractivity contribution in [2.75, 3.05) is 7.05 Å². The van der Waals surface area contributed by atoms with E-state index in [1.807, 2.05) is 18.2 Å². The van der Waals surface area contributed by atoms with Crippen LogP contribution in [-0.2, 0) is 25.7 Å². The average Bonchev–Trinajstić information content (AvgIpc) is 3.48. The first-order valence-electron chi connectivity index (χ1n) is 9.81. The third-order valence-corrected chi connectivity index (χ3v) is 5.40. The lowest BCUT2D eigenvalue weighted by Gasteiger charge is -2.29. The summed E-state index contributed by atoms with van der Waals surface area (Å²) in [5, 5.41) is 6.16. The smallest absolute Gasteiger partial charge is 0.277 e. The summed E-state index contributed by atoms with van der Waals surface area (Å²) in [5.74, 6) is -1.73. The van der Waals surface area contributed by atoms with Crippen LogP contribution in [0.1, 0.15) is 18.7 Å². The van der Waals surface area contributed by atoms with Gasteiger partial charge in [-0.15, -0.1) is 0 Å². The molecule has 4 heterocycles. The van der Waals surface area contributed by atoms with Crippen LogP contribution >= 0.6 is 0 Å². The second-order valence-electron chi connectivity index (χ2n) is 7.48. The Balaban J connectivity index is 1.32. The molecule has 0 radical (unpaired) electrons. The van der Waals surface area contributed by atoms with E-state index in [2.05, 4.69) is 25.4 Å². The highest BCUT2D eigenvalue weighted by Crippen LogP contribution is 2.26. The van der Waals surface area contributed by atoms with Crippen LogP contribution in [0.5, 0.6) is 0 Å². The van der Waals surface area contributed by atoms with Crippen molar-refractivity contribution in [2.45, 2.75) is 25.4 Å². The molecule has 1 atom stereocenters. The summed E-state index contributed by atoms with van der Waals surface area (Å²) >= 11 is 0. The van der Waals surface area contributed by atoms with Crippen molar-refractivity contribution in [3.63, 3.8) is 0 Å². The minimum absolute atomic E-state index is 0.0617. The number of benzene rings is 1. The van der Waals surface area contributed by atoms with E-state index in [1.54, 1.807) is 13.4 Å². The maximum Gasteiger partial charge on any atom is 0.277 e. The Morgan fingerprint density at radius 1 is 1.25 bits per heavy atom. The summed E-state index contributed by atoms with van der Waals surface area (Å²) in [6.45, 7) is 0.0670. The third-order valence-electron chi connectivity index (χ3n) is 5.40. The van der Waals surface area contributed by atoms with Gasteiger partial charge in [0, 0.05) is 19.5 Å². The molecule has 162 valence electrons. The molecule has 0 bridgehead atoms. The van der Waals surface area contributed by atoms with Gasteiger partial charge in [-0.05, 0) is 18.6 Å². The molecule has 2 aliphatic heterocycles. The lowest BCUT2D eigenvalue weighted by Crippen LogP contribution is -2.54. The second kappa shape index (κ2) is 7.41. The highest BCUT2D eigenvalue weighted by Gasteiger charge is 2.43. The molecule has 2 aliphatic rings. The summed E-state index contributed by atoms with van der Waals surface area (Å²) in [6, 6.07) is 4.53. The number of aromatic amines is 1. The van der Waals surface area contributed by atoms with Crippen molar-refractivity contribution in [2.24, 2.45) is 0 Å². The molecule has 0 saturated carbocycles. The fraction of sp³-hybridized carbons (Fsp3) is 0.250. The van der Waals surface area contributed by atoms with Crippen LogP contribution in [0.3, 0.4) is 0 Å². The lowest BCUT2D eigenvalue weighted by molar-refractivity contribution is -0.150. The van der Waals surface area contributed by atoms with Crippen molar-refractivity contribution < 1.29 is 23.7 Å². The van der Waals surface area contributed by atoms with Crippen molar-refractivity contribution >= 4 is 34.7 Å². The second-order valence-corrected chi connectivity index (χ2v) is 7.48. The van der Waals surface area contributed by atoms with Crippen LogP contribution in [-0.4, -0.2) is 66.6 Å². The molecule has 1 aromatic carbocycles. The van der Waals surface area contributed by atoms with Crippen molar-refractivity contribution in [1.29, 1.82) is 0 Å². The van der Waals surface area contributed by atoms with Gasteiger partial charge in [-0.1, -0.05) is 11.2 Å². The first-order chi connectivity index (χ1) is 15.4. The number of H-pyrrole nitrogens is 1. The van der Waals surface area contributed by atoms with Crippen LogP contribution < -0.4 is 5.32 Å². The first-order valence-corrected chi connectivity index (χ1v) is 9.81. The number of para-hydroxylation sites is 1. The normalized spacial score (nSPS) is 19.0. The Kier molecular flexibility index (Phi) is 4.54. The van der Waals surface area contributed by atoms with E-state index in [1.165, 1.54) is 4.90 Å². The molecule has 2 N–H and O–H groups in total. The molecule has 2 aromatic heterocycles. The van der Waals surface area contributed by atoms with Gasteiger partial charge in [0.05, 0.1) is 29.5 Å². The predicted molar refractivity (Wildman–Crippen MR) is 107 cm³/mol. The van der Waals surface area contributed by atoms with Crippen LogP contribution in [0.4, 0.5) is 0 Å². The number of imide groups is 2. The Labute approximate surface area is 180 Å². The number of piperidine rings is 1. The van der Waals surface area contributed by atoms with Crippen molar-refractivity contribution in [1.82, 2.24) is 35.2 Å². The molecule has 0 spiro atoms. The number of nitrogens with one attached hydrogen (secondary N) is 2. The van der Waals surface area contributed by atoms with Gasteiger partial charge in [0.15, 0.2) is 0 Å². The van der Waals surface area contributed by atoms with Gasteiger partial charge < -0.3 is 14.4 Å². The average molecular weight is 435 g/mol. The van der Waals surface area contributed by atoms with Crippen LogP contribution in [0, 0.1) is 0 Å². The lowest BCUT2D eigenvalue weighted by atomic mass is 10.0. The molecular weight excluding hydrogens is 418 g/mol. The number of hydrogen-bond donors (Lipinski definition) is 2. The van der Waals surface area contributed by atoms with E-state index in [0.717, 1.165) is 16.5 Å². The number of amides is 4. The molecule has 12 nitrogen and oxygen atoms in total. The molecule has 0 aliphatic carbocycles. The van der Waals surface area contributed by atoms with Crippen LogP contribution in [0.2, 0.25) is 0 Å². The van der Waals surface area contributed by atoms with Crippen LogP contribution in [0.15, 0.2) is 40.8 Å². The number of likely N-dealkylation sites (N-methyl/N-ethyl adjacent to an activating group) is 1. The van der Waals surface area contributed by atoms with E-state index in [9.17, 15) is 19.2 Å². The van der Waals surface area contributed by atoms with E-state index in [-0.39, 0.29) is 31.0 Å². The molecular formula is C20H17N7O5. The quantitative estimate of drug-likeness (QED) is 0.531. The summed E-state index contributed by atoms with van der Waals surface area (Å²) in [7, 11) is 1.60. The van der Waals surface area contributed by atoms with Gasteiger partial charge in [0.1, 0.15) is 11.7 Å². The third kappa shape index (κ3) is 3.21. The fourth-order valence-electron chi connectivity index (χ4n) is 3.83. The monoisotopic (exact) mass is 435 g/mol. The maximum absolute atomic E-state index is 12.9. The summed E-state index contributed by atoms with van der Waals surface area (Å²) in [5.41, 5.74) is 2.32. The molecule has 1 fully saturated rings. The van der Waals surface area contributed by atoms with E-state index in [0.29, 0.717) is 16.9 Å². The predicted octanol–water partition coefficient (Wildman–Crippen LogP) is 0.103. The minimum atomic E-state index is -1.01. The molecule has 5 rings (SSSR count). The first kappa shape index (κ1) is 19.6.